The van der Waals surface area contributed by atoms with Crippen molar-refractivity contribution in [1.29, 1.82) is 0 Å². The minimum absolute atomic E-state index is 0.0596. The van der Waals surface area contributed by atoms with Gasteiger partial charge in [-0.25, -0.2) is 9.36 Å². The summed E-state index contributed by atoms with van der Waals surface area (Å²) in [6, 6.07) is 3.64. The molecule has 1 unspecified atom stereocenters. The van der Waals surface area contributed by atoms with Gasteiger partial charge in [0.25, 0.3) is 0 Å². The zero-order chi connectivity index (χ0) is 30.2. The van der Waals surface area contributed by atoms with E-state index in [1.807, 2.05) is 26.8 Å². The molecule has 3 rings (SSSR count). The fraction of sp³-hybridized carbons (Fsp3) is 0.667. The Morgan fingerprint density at radius 1 is 1.20 bits per heavy atom. The van der Waals surface area contributed by atoms with Crippen LogP contribution in [0.1, 0.15) is 122 Å². The number of benzene rings is 1. The molecule has 41 heavy (non-hydrogen) atoms. The molecular formula is C33H51O7P. The summed E-state index contributed by atoms with van der Waals surface area (Å²) in [5.74, 6) is -0.174. The molecule has 0 saturated heterocycles. The fourth-order valence-corrected chi connectivity index (χ4v) is 7.10. The molecular weight excluding hydrogens is 539 g/mol. The number of phenols is 1. The summed E-state index contributed by atoms with van der Waals surface area (Å²) in [6.45, 7) is 14.5. The maximum absolute atomic E-state index is 14.0. The predicted octanol–water partition coefficient (Wildman–Crippen LogP) is 8.93. The number of phosphoric ester groups is 1. The van der Waals surface area contributed by atoms with Crippen LogP contribution in [-0.2, 0) is 24.8 Å². The van der Waals surface area contributed by atoms with Gasteiger partial charge in [0, 0.05) is 11.5 Å². The van der Waals surface area contributed by atoms with Gasteiger partial charge in [0.1, 0.15) is 11.5 Å². The summed E-state index contributed by atoms with van der Waals surface area (Å²) in [4.78, 5) is 24.6. The molecule has 7 nitrogen and oxygen atoms in total. The van der Waals surface area contributed by atoms with Gasteiger partial charge >= 0.3 is 13.8 Å². The number of rotatable bonds is 14. The average Bonchev–Trinajstić information content (AvgIpc) is 2.88. The molecule has 2 aliphatic rings. The van der Waals surface area contributed by atoms with E-state index in [1.54, 1.807) is 6.07 Å². The first-order valence-corrected chi connectivity index (χ1v) is 17.0. The van der Waals surface area contributed by atoms with Crippen molar-refractivity contribution in [3.8, 4) is 11.5 Å². The number of phenolic OH excluding ortho intramolecular Hbond substituents is 1. The van der Waals surface area contributed by atoms with Crippen LogP contribution in [0.15, 0.2) is 35.9 Å². The summed E-state index contributed by atoms with van der Waals surface area (Å²) in [5, 5.41) is 11.4. The average molecular weight is 591 g/mol. The van der Waals surface area contributed by atoms with Crippen molar-refractivity contribution in [1.82, 2.24) is 0 Å². The summed E-state index contributed by atoms with van der Waals surface area (Å²) in [5.41, 5.74) is 2.06. The first-order valence-electron chi connectivity index (χ1n) is 15.5. The highest BCUT2D eigenvalue weighted by molar-refractivity contribution is 7.47. The maximum atomic E-state index is 14.0. The Morgan fingerprint density at radius 2 is 1.90 bits per heavy atom. The molecule has 0 amide bonds. The Kier molecular flexibility index (Phi) is 12.3. The van der Waals surface area contributed by atoms with Crippen molar-refractivity contribution in [3.05, 3.63) is 47.1 Å². The first-order chi connectivity index (χ1) is 19.4. The molecule has 0 spiro atoms. The van der Waals surface area contributed by atoms with Crippen molar-refractivity contribution in [3.63, 3.8) is 0 Å². The minimum Gasteiger partial charge on any atom is -0.507 e. The Balaban J connectivity index is 2.01. The second-order valence-electron chi connectivity index (χ2n) is 12.5. The van der Waals surface area contributed by atoms with Gasteiger partial charge in [-0.2, -0.15) is 0 Å². The quantitative estimate of drug-likeness (QED) is 0.0733. The zero-order valence-electron chi connectivity index (χ0n) is 25.7. The monoisotopic (exact) mass is 590 g/mol. The molecule has 230 valence electrons. The second kappa shape index (κ2) is 15.0. The fourth-order valence-electron chi connectivity index (χ4n) is 6.02. The van der Waals surface area contributed by atoms with Gasteiger partial charge in [0.15, 0.2) is 5.60 Å². The van der Waals surface area contributed by atoms with Crippen LogP contribution in [0.3, 0.4) is 0 Å². The van der Waals surface area contributed by atoms with Crippen molar-refractivity contribution < 1.29 is 33.1 Å². The number of carbonyl (C=O) groups is 1. The number of hydrogen-bond donors (Lipinski definition) is 2. The Labute approximate surface area is 247 Å². The van der Waals surface area contributed by atoms with Crippen LogP contribution in [-0.4, -0.2) is 28.2 Å². The van der Waals surface area contributed by atoms with E-state index in [1.165, 1.54) is 5.57 Å². The van der Waals surface area contributed by atoms with Gasteiger partial charge in [-0.05, 0) is 101 Å². The zero-order valence-corrected chi connectivity index (χ0v) is 26.6. The number of carbonyl (C=O) groups excluding carboxylic acids is 1. The first kappa shape index (κ1) is 33.6. The highest BCUT2D eigenvalue weighted by Gasteiger charge is 2.48. The van der Waals surface area contributed by atoms with E-state index in [4.69, 9.17) is 13.8 Å². The molecule has 0 radical (unpaired) electrons. The lowest BCUT2D eigenvalue weighted by atomic mass is 9.73. The third-order valence-electron chi connectivity index (χ3n) is 8.44. The van der Waals surface area contributed by atoms with Gasteiger partial charge in [-0.1, -0.05) is 63.8 Å². The van der Waals surface area contributed by atoms with E-state index in [0.717, 1.165) is 56.1 Å². The molecule has 1 aromatic rings. The lowest BCUT2D eigenvalue weighted by molar-refractivity contribution is -0.157. The molecule has 8 heteroatoms. The summed E-state index contributed by atoms with van der Waals surface area (Å²) < 4.78 is 30.1. The Morgan fingerprint density at radius 3 is 2.54 bits per heavy atom. The van der Waals surface area contributed by atoms with E-state index < -0.39 is 19.4 Å². The maximum Gasteiger partial charge on any atom is 0.473 e. The number of unbranched alkanes of at least 4 members (excludes halogenated alkanes) is 2. The summed E-state index contributed by atoms with van der Waals surface area (Å²) >= 11 is 0. The van der Waals surface area contributed by atoms with Gasteiger partial charge in [0.05, 0.1) is 6.61 Å². The van der Waals surface area contributed by atoms with Gasteiger partial charge in [0.2, 0.25) is 0 Å². The molecule has 0 heterocycles. The molecule has 1 saturated carbocycles. The molecule has 1 fully saturated rings. The third-order valence-corrected chi connectivity index (χ3v) is 9.53. The number of phosphoric acid groups is 1. The SMILES string of the molecule is C=C(C)[C@@H]1CCC(C)=C[C@H]1c1c(O)cc(CCCCC)cc1OC(=O)C1(OP(=O)(O)OCCC(C)C)CCCCC1. The number of aromatic hydroxyl groups is 1. The smallest absolute Gasteiger partial charge is 0.473 e. The van der Waals surface area contributed by atoms with Crippen LogP contribution in [0.5, 0.6) is 11.5 Å². The minimum atomic E-state index is -4.52. The second-order valence-corrected chi connectivity index (χ2v) is 13.9. The van der Waals surface area contributed by atoms with Crippen LogP contribution in [0, 0.1) is 11.8 Å². The molecule has 2 N–H and O–H groups in total. The van der Waals surface area contributed by atoms with Crippen LogP contribution in [0.4, 0.5) is 0 Å². The lowest BCUT2D eigenvalue weighted by Gasteiger charge is -2.36. The molecule has 2 aliphatic carbocycles. The standard InChI is InChI=1S/C33H51O7P/c1-7-8-10-13-26-21-29(34)31(28-20-25(6)14-15-27(28)24(4)5)30(22-26)39-32(35)33(17-11-9-12-18-33)40-41(36,37)38-19-16-23(2)3/h20-23,27-28,34H,4,7-19H2,1-3,5-6H3,(H,36,37)/t27-,28+/m0/s1. The predicted molar refractivity (Wildman–Crippen MR) is 163 cm³/mol. The van der Waals surface area contributed by atoms with Crippen molar-refractivity contribution in [2.24, 2.45) is 11.8 Å². The van der Waals surface area contributed by atoms with E-state index in [2.05, 4.69) is 26.5 Å². The summed E-state index contributed by atoms with van der Waals surface area (Å²) in [7, 11) is -4.52. The van der Waals surface area contributed by atoms with Crippen LogP contribution < -0.4 is 4.74 Å². The molecule has 0 bridgehead atoms. The number of allylic oxidation sites excluding steroid dienone is 3. The van der Waals surface area contributed by atoms with Crippen LogP contribution in [0.2, 0.25) is 0 Å². The lowest BCUT2D eigenvalue weighted by Crippen LogP contribution is -2.45. The Hall–Kier alpha value is -1.92. The molecule has 0 aromatic heterocycles. The van der Waals surface area contributed by atoms with Gasteiger partial charge < -0.3 is 14.7 Å². The van der Waals surface area contributed by atoms with Crippen LogP contribution in [0.25, 0.3) is 0 Å². The van der Waals surface area contributed by atoms with Crippen molar-refractivity contribution in [2.45, 2.75) is 123 Å². The van der Waals surface area contributed by atoms with E-state index in [0.29, 0.717) is 30.7 Å². The van der Waals surface area contributed by atoms with Crippen molar-refractivity contribution in [2.75, 3.05) is 6.61 Å². The molecule has 3 atom stereocenters. The number of hydrogen-bond acceptors (Lipinski definition) is 6. The van der Waals surface area contributed by atoms with Gasteiger partial charge in [-0.3, -0.25) is 9.05 Å². The Bertz CT molecular complexity index is 1130. The molecule has 1 aromatic carbocycles. The summed E-state index contributed by atoms with van der Waals surface area (Å²) in [6.07, 6.45) is 11.1. The highest BCUT2D eigenvalue weighted by atomic mass is 31.2. The van der Waals surface area contributed by atoms with Crippen LogP contribution >= 0.6 is 7.82 Å². The highest BCUT2D eigenvalue weighted by Crippen LogP contribution is 2.52. The molecule has 0 aliphatic heterocycles. The van der Waals surface area contributed by atoms with Crippen molar-refractivity contribution >= 4 is 13.8 Å². The number of esters is 1. The topological polar surface area (TPSA) is 102 Å². The largest absolute Gasteiger partial charge is 0.507 e. The van der Waals surface area contributed by atoms with Gasteiger partial charge in [-0.15, -0.1) is 0 Å². The van der Waals surface area contributed by atoms with E-state index >= 15 is 0 Å². The number of ether oxygens (including phenoxy) is 1. The van der Waals surface area contributed by atoms with E-state index in [-0.39, 0.29) is 42.8 Å². The third kappa shape index (κ3) is 9.28. The number of aryl methyl sites for hydroxylation is 1. The normalized spacial score (nSPS) is 22.2. The van der Waals surface area contributed by atoms with E-state index in [9.17, 15) is 19.4 Å².